The monoisotopic (exact) mass is 270 g/mol. The van der Waals surface area contributed by atoms with E-state index in [1.165, 1.54) is 19.2 Å². The zero-order valence-electron chi connectivity index (χ0n) is 10.4. The Labute approximate surface area is 109 Å². The van der Waals surface area contributed by atoms with Crippen LogP contribution in [0, 0.1) is 5.82 Å². The molecule has 19 heavy (non-hydrogen) atoms. The number of carbonyl (C=O) groups is 2. The summed E-state index contributed by atoms with van der Waals surface area (Å²) in [6, 6.07) is 2.87. The minimum absolute atomic E-state index is 0.0211. The van der Waals surface area contributed by atoms with E-state index in [2.05, 4.69) is 5.32 Å². The van der Waals surface area contributed by atoms with E-state index in [9.17, 15) is 14.0 Å². The SMILES string of the molecule is COc1ccc(F)c(NC(=O)C(N)CCC(=O)O)c1. The molecule has 0 saturated heterocycles. The van der Waals surface area contributed by atoms with Gasteiger partial charge in [-0.2, -0.15) is 0 Å². The summed E-state index contributed by atoms with van der Waals surface area (Å²) >= 11 is 0. The van der Waals surface area contributed by atoms with Gasteiger partial charge in [0.25, 0.3) is 0 Å². The first kappa shape index (κ1) is 14.9. The van der Waals surface area contributed by atoms with Gasteiger partial charge >= 0.3 is 5.97 Å². The largest absolute Gasteiger partial charge is 0.497 e. The number of benzene rings is 1. The van der Waals surface area contributed by atoms with Crippen molar-refractivity contribution in [1.82, 2.24) is 0 Å². The number of carbonyl (C=O) groups excluding carboxylic acids is 1. The molecule has 1 aromatic carbocycles. The van der Waals surface area contributed by atoms with Crippen LogP contribution < -0.4 is 15.8 Å². The van der Waals surface area contributed by atoms with Crippen molar-refractivity contribution >= 4 is 17.6 Å². The lowest BCUT2D eigenvalue weighted by atomic mass is 10.1. The van der Waals surface area contributed by atoms with Crippen LogP contribution in [0.3, 0.4) is 0 Å². The van der Waals surface area contributed by atoms with Crippen LogP contribution in [0.15, 0.2) is 18.2 Å². The van der Waals surface area contributed by atoms with Gasteiger partial charge in [-0.15, -0.1) is 0 Å². The quantitative estimate of drug-likeness (QED) is 0.714. The Kier molecular flexibility index (Phi) is 5.25. The summed E-state index contributed by atoms with van der Waals surface area (Å²) in [7, 11) is 1.41. The number of hydrogen-bond acceptors (Lipinski definition) is 4. The van der Waals surface area contributed by atoms with Crippen LogP contribution >= 0.6 is 0 Å². The topological polar surface area (TPSA) is 102 Å². The Bertz CT molecular complexity index is 479. The summed E-state index contributed by atoms with van der Waals surface area (Å²) in [5, 5.41) is 10.8. The number of methoxy groups -OCH3 is 1. The van der Waals surface area contributed by atoms with Gasteiger partial charge in [-0.1, -0.05) is 0 Å². The minimum Gasteiger partial charge on any atom is -0.497 e. The highest BCUT2D eigenvalue weighted by molar-refractivity contribution is 5.95. The van der Waals surface area contributed by atoms with E-state index >= 15 is 0 Å². The highest BCUT2D eigenvalue weighted by atomic mass is 19.1. The Balaban J connectivity index is 2.68. The number of nitrogens with two attached hydrogens (primary N) is 1. The second-order valence-electron chi connectivity index (χ2n) is 3.87. The number of ether oxygens (including phenoxy) is 1. The minimum atomic E-state index is -1.05. The van der Waals surface area contributed by atoms with E-state index in [1.54, 1.807) is 0 Å². The fourth-order valence-electron chi connectivity index (χ4n) is 1.36. The molecule has 6 nitrogen and oxygen atoms in total. The maximum Gasteiger partial charge on any atom is 0.303 e. The van der Waals surface area contributed by atoms with Gasteiger partial charge in [-0.05, 0) is 18.6 Å². The molecule has 104 valence electrons. The Morgan fingerprint density at radius 2 is 2.21 bits per heavy atom. The maximum absolute atomic E-state index is 13.4. The van der Waals surface area contributed by atoms with Crippen LogP contribution in [0.25, 0.3) is 0 Å². The molecule has 0 spiro atoms. The van der Waals surface area contributed by atoms with Crippen LogP contribution in [0.5, 0.6) is 5.75 Å². The van der Waals surface area contributed by atoms with E-state index in [1.807, 2.05) is 0 Å². The Morgan fingerprint density at radius 1 is 1.53 bits per heavy atom. The van der Waals surface area contributed by atoms with Crippen molar-refractivity contribution < 1.29 is 23.8 Å². The number of carboxylic acid groups (broad SMARTS) is 1. The molecule has 0 saturated carbocycles. The summed E-state index contributed by atoms with van der Waals surface area (Å²) < 4.78 is 18.3. The fraction of sp³-hybridized carbons (Fsp3) is 0.333. The molecule has 1 unspecified atom stereocenters. The van der Waals surface area contributed by atoms with Gasteiger partial charge in [-0.3, -0.25) is 9.59 Å². The molecule has 0 heterocycles. The van der Waals surface area contributed by atoms with Crippen LogP contribution in [0.4, 0.5) is 10.1 Å². The average molecular weight is 270 g/mol. The molecule has 7 heteroatoms. The first-order chi connectivity index (χ1) is 8.93. The molecular weight excluding hydrogens is 255 g/mol. The molecule has 0 bridgehead atoms. The number of rotatable bonds is 6. The molecule has 1 aromatic rings. The Hall–Kier alpha value is -2.15. The zero-order valence-corrected chi connectivity index (χ0v) is 10.4. The second-order valence-corrected chi connectivity index (χ2v) is 3.87. The van der Waals surface area contributed by atoms with Gasteiger partial charge in [0.05, 0.1) is 18.8 Å². The first-order valence-electron chi connectivity index (χ1n) is 5.56. The maximum atomic E-state index is 13.4. The highest BCUT2D eigenvalue weighted by Crippen LogP contribution is 2.21. The van der Waals surface area contributed by atoms with Crippen LogP contribution in [-0.2, 0) is 9.59 Å². The lowest BCUT2D eigenvalue weighted by Crippen LogP contribution is -2.36. The number of aliphatic carboxylic acids is 1. The standard InChI is InChI=1S/C12H15FN2O4/c1-19-7-2-3-8(13)10(6-7)15-12(18)9(14)4-5-11(16)17/h2-3,6,9H,4-5,14H2,1H3,(H,15,18)(H,16,17). The summed E-state index contributed by atoms with van der Waals surface area (Å²) in [4.78, 5) is 22.0. The third-order valence-corrected chi connectivity index (χ3v) is 2.44. The van der Waals surface area contributed by atoms with Crippen molar-refractivity contribution in [3.8, 4) is 5.75 Å². The van der Waals surface area contributed by atoms with Gasteiger partial charge < -0.3 is 20.9 Å². The van der Waals surface area contributed by atoms with Crippen LogP contribution in [-0.4, -0.2) is 30.1 Å². The Morgan fingerprint density at radius 3 is 2.79 bits per heavy atom. The normalized spacial score (nSPS) is 11.7. The van der Waals surface area contributed by atoms with Crippen LogP contribution in [0.2, 0.25) is 0 Å². The van der Waals surface area contributed by atoms with Gasteiger partial charge in [0.15, 0.2) is 0 Å². The van der Waals surface area contributed by atoms with Gasteiger partial charge in [0.1, 0.15) is 11.6 Å². The molecule has 1 amide bonds. The molecular formula is C12H15FN2O4. The van der Waals surface area contributed by atoms with Crippen LogP contribution in [0.1, 0.15) is 12.8 Å². The average Bonchev–Trinajstić information content (AvgIpc) is 2.38. The molecule has 0 aliphatic heterocycles. The smallest absolute Gasteiger partial charge is 0.303 e. The number of amides is 1. The van der Waals surface area contributed by atoms with Crippen molar-refractivity contribution in [2.75, 3.05) is 12.4 Å². The molecule has 0 radical (unpaired) electrons. The third-order valence-electron chi connectivity index (χ3n) is 2.44. The summed E-state index contributed by atoms with van der Waals surface area (Å²) in [5.41, 5.74) is 5.44. The van der Waals surface area contributed by atoms with E-state index in [0.717, 1.165) is 6.07 Å². The predicted octanol–water partition coefficient (Wildman–Crippen LogP) is 0.965. The number of hydrogen-bond donors (Lipinski definition) is 3. The second kappa shape index (κ2) is 6.69. The predicted molar refractivity (Wildman–Crippen MR) is 66.4 cm³/mol. The number of halogens is 1. The molecule has 0 aliphatic carbocycles. The van der Waals surface area contributed by atoms with Gasteiger partial charge in [-0.25, -0.2) is 4.39 Å². The van der Waals surface area contributed by atoms with Crippen molar-refractivity contribution in [2.24, 2.45) is 5.73 Å². The van der Waals surface area contributed by atoms with E-state index in [4.69, 9.17) is 15.6 Å². The first-order valence-corrected chi connectivity index (χ1v) is 5.56. The number of carboxylic acids is 1. The van der Waals surface area contributed by atoms with Gasteiger partial charge in [0.2, 0.25) is 5.91 Å². The number of nitrogens with one attached hydrogen (secondary N) is 1. The van der Waals surface area contributed by atoms with E-state index < -0.39 is 23.7 Å². The van der Waals surface area contributed by atoms with Crippen molar-refractivity contribution in [1.29, 1.82) is 0 Å². The van der Waals surface area contributed by atoms with Crippen molar-refractivity contribution in [2.45, 2.75) is 18.9 Å². The van der Waals surface area contributed by atoms with Gasteiger partial charge in [0, 0.05) is 12.5 Å². The van der Waals surface area contributed by atoms with E-state index in [0.29, 0.717) is 5.75 Å². The van der Waals surface area contributed by atoms with Crippen molar-refractivity contribution in [3.05, 3.63) is 24.0 Å². The molecule has 0 aliphatic rings. The zero-order chi connectivity index (χ0) is 14.4. The summed E-state index contributed by atoms with van der Waals surface area (Å²) in [6.07, 6.45) is -0.248. The fourth-order valence-corrected chi connectivity index (χ4v) is 1.36. The molecule has 1 atom stereocenters. The highest BCUT2D eigenvalue weighted by Gasteiger charge is 2.16. The molecule has 1 rings (SSSR count). The summed E-state index contributed by atoms with van der Waals surface area (Å²) in [6.45, 7) is 0. The van der Waals surface area contributed by atoms with E-state index in [-0.39, 0.29) is 18.5 Å². The molecule has 0 aromatic heterocycles. The lowest BCUT2D eigenvalue weighted by Gasteiger charge is -2.12. The molecule has 4 N–H and O–H groups in total. The third kappa shape index (κ3) is 4.55. The lowest BCUT2D eigenvalue weighted by molar-refractivity contribution is -0.137. The number of anilines is 1. The van der Waals surface area contributed by atoms with Crippen molar-refractivity contribution in [3.63, 3.8) is 0 Å². The summed E-state index contributed by atoms with van der Waals surface area (Å²) in [5.74, 6) is -1.93. The molecule has 0 fully saturated rings.